The highest BCUT2D eigenvalue weighted by Gasteiger charge is 2.20. The van der Waals surface area contributed by atoms with Crippen LogP contribution in [0, 0.1) is 0 Å². The van der Waals surface area contributed by atoms with E-state index < -0.39 is 9.28 Å². The highest BCUT2D eigenvalue weighted by atomic mass is 28.3. The van der Waals surface area contributed by atoms with Gasteiger partial charge in [0.25, 0.3) is 0 Å². The van der Waals surface area contributed by atoms with Crippen molar-refractivity contribution >= 4 is 20.2 Å². The molecule has 17 heavy (non-hydrogen) atoms. The zero-order valence-electron chi connectivity index (χ0n) is 11.0. The first-order valence-corrected chi connectivity index (χ1v) is 7.87. The van der Waals surface area contributed by atoms with Crippen molar-refractivity contribution in [2.75, 3.05) is 18.9 Å². The Morgan fingerprint density at radius 2 is 1.76 bits per heavy atom. The minimum atomic E-state index is -1.77. The van der Waals surface area contributed by atoms with Gasteiger partial charge in [-0.2, -0.15) is 0 Å². The van der Waals surface area contributed by atoms with Crippen molar-refractivity contribution in [2.45, 2.75) is 33.6 Å². The van der Waals surface area contributed by atoms with Crippen molar-refractivity contribution in [3.05, 3.63) is 23.8 Å². The van der Waals surface area contributed by atoms with Gasteiger partial charge in [-0.25, -0.2) is 0 Å². The van der Waals surface area contributed by atoms with Crippen molar-refractivity contribution in [1.29, 1.82) is 0 Å². The second-order valence-electron chi connectivity index (χ2n) is 3.91. The summed E-state index contributed by atoms with van der Waals surface area (Å²) >= 11 is 0. The van der Waals surface area contributed by atoms with Crippen LogP contribution in [0.2, 0.25) is 0 Å². The van der Waals surface area contributed by atoms with Gasteiger partial charge in [-0.15, -0.1) is 0 Å². The number of hydrogen-bond donors (Lipinski definition) is 1. The molecule has 0 aliphatic carbocycles. The summed E-state index contributed by atoms with van der Waals surface area (Å²) in [6.07, 6.45) is 2.08. The van der Waals surface area contributed by atoms with E-state index in [1.165, 1.54) is 10.8 Å². The van der Waals surface area contributed by atoms with Crippen molar-refractivity contribution < 1.29 is 8.85 Å². The predicted octanol–water partition coefficient (Wildman–Crippen LogP) is 1.72. The van der Waals surface area contributed by atoms with Gasteiger partial charge in [-0.1, -0.05) is 25.5 Å². The molecular weight excluding hydrogens is 230 g/mol. The van der Waals surface area contributed by atoms with Crippen LogP contribution in [0.15, 0.2) is 18.2 Å². The van der Waals surface area contributed by atoms with Crippen LogP contribution in [0.5, 0.6) is 0 Å². The minimum absolute atomic E-state index is 0.692. The van der Waals surface area contributed by atoms with Crippen molar-refractivity contribution in [3.63, 3.8) is 0 Å². The second kappa shape index (κ2) is 7.48. The number of benzene rings is 1. The predicted molar refractivity (Wildman–Crippen MR) is 74.9 cm³/mol. The molecule has 0 spiro atoms. The first-order valence-electron chi connectivity index (χ1n) is 6.34. The summed E-state index contributed by atoms with van der Waals surface area (Å²) in [6, 6.07) is 6.04. The molecular formula is C13H23NO2Si. The van der Waals surface area contributed by atoms with Crippen LogP contribution in [-0.4, -0.2) is 22.5 Å². The molecule has 0 aliphatic rings. The van der Waals surface area contributed by atoms with Crippen LogP contribution >= 0.6 is 0 Å². The van der Waals surface area contributed by atoms with E-state index in [4.69, 9.17) is 14.6 Å². The summed E-state index contributed by atoms with van der Waals surface area (Å²) in [4.78, 5) is 0. The number of nitrogen functional groups attached to an aromatic ring is 1. The van der Waals surface area contributed by atoms with E-state index in [9.17, 15) is 0 Å². The van der Waals surface area contributed by atoms with E-state index in [-0.39, 0.29) is 0 Å². The molecule has 0 atom stereocenters. The molecule has 1 aromatic carbocycles. The van der Waals surface area contributed by atoms with Gasteiger partial charge < -0.3 is 14.6 Å². The number of anilines is 1. The molecule has 3 nitrogen and oxygen atoms in total. The molecule has 1 rings (SSSR count). The van der Waals surface area contributed by atoms with Crippen molar-refractivity contribution in [2.24, 2.45) is 0 Å². The molecule has 4 heteroatoms. The fourth-order valence-electron chi connectivity index (χ4n) is 1.91. The molecule has 96 valence electrons. The van der Waals surface area contributed by atoms with Crippen LogP contribution in [0.25, 0.3) is 0 Å². The summed E-state index contributed by atoms with van der Waals surface area (Å²) in [7, 11) is -1.77. The molecule has 0 bridgehead atoms. The van der Waals surface area contributed by atoms with Crippen molar-refractivity contribution in [3.8, 4) is 0 Å². The van der Waals surface area contributed by atoms with E-state index in [2.05, 4.69) is 13.0 Å². The molecule has 2 N–H and O–H groups in total. The highest BCUT2D eigenvalue weighted by molar-refractivity contribution is 6.62. The normalized spacial score (nSPS) is 11.1. The molecule has 0 aromatic heterocycles. The maximum Gasteiger partial charge on any atom is 0.356 e. The van der Waals surface area contributed by atoms with Gasteiger partial charge >= 0.3 is 9.28 Å². The Balaban J connectivity index is 3.03. The second-order valence-corrected chi connectivity index (χ2v) is 5.86. The lowest BCUT2D eigenvalue weighted by atomic mass is 10.1. The summed E-state index contributed by atoms with van der Waals surface area (Å²) in [6.45, 7) is 7.55. The van der Waals surface area contributed by atoms with Crippen LogP contribution < -0.4 is 10.9 Å². The Hall–Kier alpha value is -0.843. The van der Waals surface area contributed by atoms with E-state index >= 15 is 0 Å². The monoisotopic (exact) mass is 253 g/mol. The fraction of sp³-hybridized carbons (Fsp3) is 0.538. The number of nitrogens with two attached hydrogens (primary N) is 1. The molecule has 0 fully saturated rings. The molecule has 1 aromatic rings. The largest absolute Gasteiger partial charge is 0.399 e. The molecule has 0 aliphatic heterocycles. The topological polar surface area (TPSA) is 44.5 Å². The van der Waals surface area contributed by atoms with Gasteiger partial charge in [0.1, 0.15) is 0 Å². The third kappa shape index (κ3) is 3.83. The van der Waals surface area contributed by atoms with E-state index in [0.717, 1.165) is 18.5 Å². The van der Waals surface area contributed by atoms with Crippen LogP contribution in [0.3, 0.4) is 0 Å². The maximum atomic E-state index is 6.05. The summed E-state index contributed by atoms with van der Waals surface area (Å²) in [5.74, 6) is 0. The first kappa shape index (κ1) is 14.2. The zero-order valence-corrected chi connectivity index (χ0v) is 12.2. The lowest BCUT2D eigenvalue weighted by Crippen LogP contribution is -2.39. The van der Waals surface area contributed by atoms with Crippen LogP contribution in [0.1, 0.15) is 32.8 Å². The molecule has 0 saturated carbocycles. The zero-order chi connectivity index (χ0) is 12.7. The van der Waals surface area contributed by atoms with Gasteiger partial charge in [0, 0.05) is 18.9 Å². The lowest BCUT2D eigenvalue weighted by Gasteiger charge is -2.19. The van der Waals surface area contributed by atoms with E-state index in [0.29, 0.717) is 13.2 Å². The summed E-state index contributed by atoms with van der Waals surface area (Å²) < 4.78 is 11.5. The van der Waals surface area contributed by atoms with Gasteiger partial charge in [-0.05, 0) is 37.1 Å². The Kier molecular flexibility index (Phi) is 6.25. The third-order valence-corrected chi connectivity index (χ3v) is 4.96. The summed E-state index contributed by atoms with van der Waals surface area (Å²) in [5.41, 5.74) is 8.13. The average molecular weight is 253 g/mol. The number of rotatable bonds is 7. The molecule has 0 saturated heterocycles. The Labute approximate surface area is 106 Å². The molecule has 0 radical (unpaired) electrons. The Bertz CT molecular complexity index is 338. The van der Waals surface area contributed by atoms with Gasteiger partial charge in [0.05, 0.1) is 0 Å². The first-order chi connectivity index (χ1) is 8.24. The molecule has 0 amide bonds. The maximum absolute atomic E-state index is 6.05. The Morgan fingerprint density at radius 3 is 2.29 bits per heavy atom. The molecule has 0 heterocycles. The SMILES string of the molecule is CCCc1c(N)cccc1[SiH](OCC)OCC. The highest BCUT2D eigenvalue weighted by Crippen LogP contribution is 2.12. The third-order valence-electron chi connectivity index (χ3n) is 2.64. The van der Waals surface area contributed by atoms with E-state index in [1.807, 2.05) is 26.0 Å². The standard InChI is InChI=1S/C13H23NO2Si/c1-4-8-11-12(14)9-7-10-13(11)17(15-5-2)16-6-3/h7,9-10,17H,4-6,8,14H2,1-3H3. The van der Waals surface area contributed by atoms with Gasteiger partial charge in [0.2, 0.25) is 0 Å². The van der Waals surface area contributed by atoms with Crippen LogP contribution in [-0.2, 0) is 15.3 Å². The smallest absolute Gasteiger partial charge is 0.356 e. The van der Waals surface area contributed by atoms with Gasteiger partial charge in [-0.3, -0.25) is 0 Å². The van der Waals surface area contributed by atoms with Crippen LogP contribution in [0.4, 0.5) is 5.69 Å². The molecule has 0 unspecified atom stereocenters. The van der Waals surface area contributed by atoms with E-state index in [1.54, 1.807) is 0 Å². The Morgan fingerprint density at radius 1 is 1.12 bits per heavy atom. The fourth-order valence-corrected chi connectivity index (χ4v) is 3.84. The lowest BCUT2D eigenvalue weighted by molar-refractivity contribution is 0.225. The van der Waals surface area contributed by atoms with Gasteiger partial charge in [0.15, 0.2) is 0 Å². The number of hydrogen-bond acceptors (Lipinski definition) is 3. The quantitative estimate of drug-likeness (QED) is 0.594. The summed E-state index contributed by atoms with van der Waals surface area (Å²) in [5, 5.41) is 1.20. The average Bonchev–Trinajstić information content (AvgIpc) is 2.32. The van der Waals surface area contributed by atoms with Crippen molar-refractivity contribution in [1.82, 2.24) is 0 Å². The minimum Gasteiger partial charge on any atom is -0.399 e.